The van der Waals surface area contributed by atoms with Crippen LogP contribution in [0, 0.1) is 34.3 Å². The number of carbonyl (C=O) groups excluding carboxylic acids is 2. The van der Waals surface area contributed by atoms with Crippen molar-refractivity contribution in [1.82, 2.24) is 10.3 Å². The predicted molar refractivity (Wildman–Crippen MR) is 113 cm³/mol. The van der Waals surface area contributed by atoms with Gasteiger partial charge in [0.1, 0.15) is 11.9 Å². The van der Waals surface area contributed by atoms with Gasteiger partial charge in [0.15, 0.2) is 0 Å². The van der Waals surface area contributed by atoms with Gasteiger partial charge in [0.25, 0.3) is 5.69 Å². The van der Waals surface area contributed by atoms with Crippen LogP contribution in [0.4, 0.5) is 17.2 Å². The molecule has 2 amide bonds. The first kappa shape index (κ1) is 21.7. The third-order valence-electron chi connectivity index (χ3n) is 5.25. The Hall–Kier alpha value is -4.00. The summed E-state index contributed by atoms with van der Waals surface area (Å²) in [5.74, 6) is -0.688. The van der Waals surface area contributed by atoms with Crippen LogP contribution in [0.1, 0.15) is 24.0 Å². The molecule has 1 aliphatic heterocycles. The smallest absolute Gasteiger partial charge is 0.313 e. The molecule has 0 saturated carbocycles. The quantitative estimate of drug-likeness (QED) is 0.427. The van der Waals surface area contributed by atoms with Crippen LogP contribution < -0.4 is 15.5 Å². The molecular formula is C21H22N6O4. The largest absolute Gasteiger partial charge is 0.356 e. The minimum atomic E-state index is -0.818. The summed E-state index contributed by atoms with van der Waals surface area (Å²) in [6.07, 6.45) is 3.25. The van der Waals surface area contributed by atoms with E-state index in [1.165, 1.54) is 18.2 Å². The molecule has 1 fully saturated rings. The molecule has 0 bridgehead atoms. The van der Waals surface area contributed by atoms with Gasteiger partial charge in [0.2, 0.25) is 0 Å². The molecule has 1 aromatic heterocycles. The number of nitrogens with one attached hydrogen (secondary N) is 2. The zero-order chi connectivity index (χ0) is 22.4. The topological polar surface area (TPSA) is 141 Å². The van der Waals surface area contributed by atoms with E-state index in [4.69, 9.17) is 0 Å². The molecule has 0 atom stereocenters. The van der Waals surface area contributed by atoms with Crippen molar-refractivity contribution in [3.63, 3.8) is 0 Å². The zero-order valence-corrected chi connectivity index (χ0v) is 17.0. The normalized spacial score (nSPS) is 13.9. The molecule has 10 heteroatoms. The number of benzene rings is 1. The summed E-state index contributed by atoms with van der Waals surface area (Å²) >= 11 is 0. The fourth-order valence-electron chi connectivity index (χ4n) is 3.48. The Balaban J connectivity index is 1.47. The van der Waals surface area contributed by atoms with E-state index in [1.807, 2.05) is 0 Å². The summed E-state index contributed by atoms with van der Waals surface area (Å²) in [6.45, 7) is 3.40. The molecule has 3 rings (SSSR count). The number of hydrogen-bond donors (Lipinski definition) is 2. The highest BCUT2D eigenvalue weighted by atomic mass is 16.6. The molecule has 0 spiro atoms. The lowest BCUT2D eigenvalue weighted by Gasteiger charge is -2.33. The number of nitrogens with zero attached hydrogens (tertiary/aromatic N) is 4. The summed E-state index contributed by atoms with van der Waals surface area (Å²) < 4.78 is 0. The van der Waals surface area contributed by atoms with Gasteiger partial charge in [-0.25, -0.2) is 4.98 Å². The van der Waals surface area contributed by atoms with Crippen LogP contribution in [-0.4, -0.2) is 41.4 Å². The molecular weight excluding hydrogens is 400 g/mol. The van der Waals surface area contributed by atoms with Crippen LogP contribution in [0.5, 0.6) is 0 Å². The Labute approximate surface area is 179 Å². The zero-order valence-electron chi connectivity index (χ0n) is 17.0. The first-order valence-corrected chi connectivity index (χ1v) is 9.83. The number of amides is 2. The number of pyridine rings is 1. The molecule has 1 saturated heterocycles. The number of nitriles is 1. The monoisotopic (exact) mass is 422 g/mol. The Bertz CT molecular complexity index is 1040. The first-order chi connectivity index (χ1) is 14.9. The van der Waals surface area contributed by atoms with E-state index in [0.29, 0.717) is 42.3 Å². The van der Waals surface area contributed by atoms with Crippen LogP contribution in [0.25, 0.3) is 0 Å². The lowest BCUT2D eigenvalue weighted by Crippen LogP contribution is -2.42. The third-order valence-corrected chi connectivity index (χ3v) is 5.25. The number of hydrogen-bond acceptors (Lipinski definition) is 7. The molecule has 1 aliphatic rings. The summed E-state index contributed by atoms with van der Waals surface area (Å²) in [6, 6.07) is 9.63. The van der Waals surface area contributed by atoms with E-state index in [2.05, 4.69) is 26.6 Å². The predicted octanol–water partition coefficient (Wildman–Crippen LogP) is 2.14. The van der Waals surface area contributed by atoms with Crippen LogP contribution in [0.15, 0.2) is 36.5 Å². The fraction of sp³-hybridized carbons (Fsp3) is 0.333. The second kappa shape index (κ2) is 9.67. The highest BCUT2D eigenvalue weighted by Crippen LogP contribution is 2.24. The van der Waals surface area contributed by atoms with Gasteiger partial charge in [0.05, 0.1) is 10.5 Å². The molecule has 2 N–H and O–H groups in total. The van der Waals surface area contributed by atoms with Crippen LogP contribution in [0.2, 0.25) is 0 Å². The number of nitro groups is 1. The number of aryl methyl sites for hydroxylation is 1. The van der Waals surface area contributed by atoms with E-state index in [9.17, 15) is 25.0 Å². The lowest BCUT2D eigenvalue weighted by molar-refractivity contribution is -0.384. The Kier molecular flexibility index (Phi) is 6.77. The van der Waals surface area contributed by atoms with Gasteiger partial charge < -0.3 is 15.5 Å². The summed E-state index contributed by atoms with van der Waals surface area (Å²) in [5.41, 5.74) is 1.29. The van der Waals surface area contributed by atoms with E-state index in [1.54, 1.807) is 25.3 Å². The number of aromatic nitrogens is 1. The molecule has 10 nitrogen and oxygen atoms in total. The van der Waals surface area contributed by atoms with Crippen molar-refractivity contribution >= 4 is 29.0 Å². The van der Waals surface area contributed by atoms with Crippen molar-refractivity contribution in [1.29, 1.82) is 5.26 Å². The Morgan fingerprint density at radius 2 is 2.03 bits per heavy atom. The number of non-ortho nitro benzene ring substituents is 1. The van der Waals surface area contributed by atoms with Crippen LogP contribution in [-0.2, 0) is 9.59 Å². The van der Waals surface area contributed by atoms with E-state index in [0.717, 1.165) is 12.8 Å². The van der Waals surface area contributed by atoms with Gasteiger partial charge in [-0.3, -0.25) is 19.7 Å². The molecule has 1 aromatic carbocycles. The SMILES string of the molecule is Cc1cc([N+](=O)[O-])ccc1NC(=O)C(=O)NCC1CCN(c2ncccc2C#N)CC1. The number of rotatable bonds is 5. The minimum absolute atomic E-state index is 0.0844. The molecule has 0 radical (unpaired) electrons. The lowest BCUT2D eigenvalue weighted by atomic mass is 9.96. The minimum Gasteiger partial charge on any atom is -0.356 e. The molecule has 160 valence electrons. The maximum Gasteiger partial charge on any atom is 0.313 e. The highest BCUT2D eigenvalue weighted by molar-refractivity contribution is 6.39. The van der Waals surface area contributed by atoms with Crippen molar-refractivity contribution in [3.8, 4) is 6.07 Å². The number of piperidine rings is 1. The van der Waals surface area contributed by atoms with Crippen molar-refractivity contribution < 1.29 is 14.5 Å². The molecule has 0 unspecified atom stereocenters. The van der Waals surface area contributed by atoms with E-state index in [-0.39, 0.29) is 11.6 Å². The Morgan fingerprint density at radius 1 is 1.29 bits per heavy atom. The molecule has 2 heterocycles. The average molecular weight is 422 g/mol. The number of nitro benzene ring substituents is 1. The van der Waals surface area contributed by atoms with Crippen molar-refractivity contribution in [3.05, 3.63) is 57.8 Å². The van der Waals surface area contributed by atoms with Gasteiger partial charge in [-0.15, -0.1) is 0 Å². The van der Waals surface area contributed by atoms with Gasteiger partial charge in [-0.2, -0.15) is 5.26 Å². The van der Waals surface area contributed by atoms with E-state index >= 15 is 0 Å². The van der Waals surface area contributed by atoms with Gasteiger partial charge in [0, 0.05) is 43.7 Å². The second-order valence-electron chi connectivity index (χ2n) is 7.34. The molecule has 31 heavy (non-hydrogen) atoms. The highest BCUT2D eigenvalue weighted by Gasteiger charge is 2.23. The number of anilines is 2. The molecule has 2 aromatic rings. The summed E-state index contributed by atoms with van der Waals surface area (Å²) in [7, 11) is 0. The van der Waals surface area contributed by atoms with Crippen LogP contribution >= 0.6 is 0 Å². The Morgan fingerprint density at radius 3 is 2.68 bits per heavy atom. The number of carbonyl (C=O) groups is 2. The maximum absolute atomic E-state index is 12.2. The van der Waals surface area contributed by atoms with Crippen molar-refractivity contribution in [2.75, 3.05) is 29.9 Å². The average Bonchev–Trinajstić information content (AvgIpc) is 2.78. The van der Waals surface area contributed by atoms with Gasteiger partial charge in [-0.05, 0) is 49.4 Å². The first-order valence-electron chi connectivity index (χ1n) is 9.83. The summed E-state index contributed by atoms with van der Waals surface area (Å²) in [4.78, 5) is 40.9. The maximum atomic E-state index is 12.2. The van der Waals surface area contributed by atoms with E-state index < -0.39 is 16.7 Å². The third kappa shape index (κ3) is 5.33. The second-order valence-corrected chi connectivity index (χ2v) is 7.34. The summed E-state index contributed by atoms with van der Waals surface area (Å²) in [5, 5.41) is 25.2. The van der Waals surface area contributed by atoms with Crippen LogP contribution in [0.3, 0.4) is 0 Å². The van der Waals surface area contributed by atoms with Crippen molar-refractivity contribution in [2.24, 2.45) is 5.92 Å². The fourth-order valence-corrected chi connectivity index (χ4v) is 3.48. The standard InChI is InChI=1S/C21H22N6O4/c1-14-11-17(27(30)31)4-5-18(14)25-21(29)20(28)24-13-15-6-9-26(10-7-15)19-16(12-22)3-2-8-23-19/h2-5,8,11,15H,6-7,9-10,13H2,1H3,(H,24,28)(H,25,29). The molecule has 0 aliphatic carbocycles. The van der Waals surface area contributed by atoms with Gasteiger partial charge >= 0.3 is 11.8 Å². The van der Waals surface area contributed by atoms with Gasteiger partial charge in [-0.1, -0.05) is 0 Å². The van der Waals surface area contributed by atoms with Crippen molar-refractivity contribution in [2.45, 2.75) is 19.8 Å².